The molecule has 0 amide bonds. The van der Waals surface area contributed by atoms with E-state index in [1.165, 1.54) is 225 Å². The number of aliphatic hydroxyl groups is 1. The molecule has 0 radical (unpaired) electrons. The topological polar surface area (TPSA) is 72.8 Å². The summed E-state index contributed by atoms with van der Waals surface area (Å²) in [6, 6.07) is 0. The first-order valence-electron chi connectivity index (χ1n) is 29.2. The van der Waals surface area contributed by atoms with Crippen LogP contribution in [0.1, 0.15) is 309 Å². The smallest absolute Gasteiger partial charge is 0.306 e. The van der Waals surface area contributed by atoms with E-state index in [-0.39, 0.29) is 25.2 Å². The van der Waals surface area contributed by atoms with Gasteiger partial charge >= 0.3 is 11.9 Å². The van der Waals surface area contributed by atoms with E-state index in [2.05, 4.69) is 62.5 Å². The second kappa shape index (κ2) is 57.2. The Morgan fingerprint density at radius 2 is 0.652 bits per heavy atom. The van der Waals surface area contributed by atoms with Gasteiger partial charge in [0.25, 0.3) is 0 Å². The summed E-state index contributed by atoms with van der Waals surface area (Å²) in [6.07, 6.45) is 75.2. The van der Waals surface area contributed by atoms with Crippen LogP contribution < -0.4 is 0 Å². The molecule has 5 nitrogen and oxygen atoms in total. The van der Waals surface area contributed by atoms with Crippen molar-refractivity contribution in [3.05, 3.63) is 48.6 Å². The van der Waals surface area contributed by atoms with Crippen molar-refractivity contribution >= 4 is 11.9 Å². The van der Waals surface area contributed by atoms with Gasteiger partial charge in [-0.15, -0.1) is 0 Å². The summed E-state index contributed by atoms with van der Waals surface area (Å²) >= 11 is 0. The van der Waals surface area contributed by atoms with Gasteiger partial charge < -0.3 is 14.6 Å². The van der Waals surface area contributed by atoms with E-state index in [0.717, 1.165) is 57.8 Å². The first kappa shape index (κ1) is 63.9. The fraction of sp³-hybridized carbons (Fsp3) is 0.836. The third-order valence-electron chi connectivity index (χ3n) is 13.1. The number of esters is 2. The minimum atomic E-state index is -0.771. The van der Waals surface area contributed by atoms with E-state index in [9.17, 15) is 14.7 Å². The number of rotatable bonds is 54. The van der Waals surface area contributed by atoms with Crippen LogP contribution in [-0.4, -0.2) is 36.4 Å². The monoisotopic (exact) mass is 925 g/mol. The number of aliphatic hydroxyl groups excluding tert-OH is 1. The van der Waals surface area contributed by atoms with Crippen molar-refractivity contribution in [3.8, 4) is 0 Å². The van der Waals surface area contributed by atoms with E-state index in [0.29, 0.717) is 12.8 Å². The van der Waals surface area contributed by atoms with Crippen molar-refractivity contribution in [1.82, 2.24) is 0 Å². The Morgan fingerprint density at radius 1 is 0.364 bits per heavy atom. The minimum absolute atomic E-state index is 0.0617. The van der Waals surface area contributed by atoms with Crippen molar-refractivity contribution in [2.45, 2.75) is 315 Å². The van der Waals surface area contributed by atoms with Crippen LogP contribution in [0.3, 0.4) is 0 Å². The van der Waals surface area contributed by atoms with Crippen LogP contribution >= 0.6 is 0 Å². The third kappa shape index (κ3) is 54.5. The molecule has 0 fully saturated rings. The first-order chi connectivity index (χ1) is 32.6. The fourth-order valence-electron chi connectivity index (χ4n) is 8.79. The van der Waals surface area contributed by atoms with Crippen molar-refractivity contribution in [1.29, 1.82) is 0 Å². The third-order valence-corrected chi connectivity index (χ3v) is 13.1. The summed E-state index contributed by atoms with van der Waals surface area (Å²) in [4.78, 5) is 24.5. The molecule has 0 spiro atoms. The van der Waals surface area contributed by atoms with Gasteiger partial charge in [-0.1, -0.05) is 294 Å². The Bertz CT molecular complexity index is 1090. The van der Waals surface area contributed by atoms with Gasteiger partial charge in [0.15, 0.2) is 6.10 Å². The maximum atomic E-state index is 12.3. The zero-order valence-electron chi connectivity index (χ0n) is 44.2. The fourth-order valence-corrected chi connectivity index (χ4v) is 8.79. The zero-order valence-corrected chi connectivity index (χ0v) is 44.2. The van der Waals surface area contributed by atoms with E-state index < -0.39 is 6.10 Å². The molecule has 0 aliphatic rings. The molecule has 0 saturated carbocycles. The molecule has 0 saturated heterocycles. The first-order valence-corrected chi connectivity index (χ1v) is 29.2. The standard InChI is InChI=1S/C61H112O5/c1-3-5-7-9-11-13-15-17-19-21-23-25-27-29-30-32-34-36-38-40-42-44-46-48-50-52-54-56-61(64)66-59(57-62)58-65-60(63)55-53-51-49-47-45-43-41-39-37-35-33-31-28-26-24-22-20-18-16-14-12-10-8-6-4-2/h5,7,11,13,17,19,23,25,59,62H,3-4,6,8-10,12,14-16,18,20-22,24,26-58H2,1-2H3/b7-5-,13-11-,19-17-,25-23-. The van der Waals surface area contributed by atoms with Crippen LogP contribution in [0, 0.1) is 0 Å². The lowest BCUT2D eigenvalue weighted by atomic mass is 10.0. The maximum absolute atomic E-state index is 12.3. The Labute approximate surface area is 411 Å². The average molecular weight is 926 g/mol. The predicted octanol–water partition coefficient (Wildman–Crippen LogP) is 19.6. The second-order valence-corrected chi connectivity index (χ2v) is 19.7. The SMILES string of the molecule is CC/C=C\C/C=C\C/C=C\C/C=C\CCCCCCCCCCCCCCCCC(=O)OC(CO)COC(=O)CCCCCCCCCCCCCCCCCCCCCCCCCCC. The van der Waals surface area contributed by atoms with Gasteiger partial charge in [-0.3, -0.25) is 9.59 Å². The number of carbonyl (C=O) groups excluding carboxylic acids is 2. The number of allylic oxidation sites excluding steroid dienone is 8. The van der Waals surface area contributed by atoms with Gasteiger partial charge in [0.1, 0.15) is 6.61 Å². The molecular weight excluding hydrogens is 813 g/mol. The molecule has 1 N–H and O–H groups in total. The minimum Gasteiger partial charge on any atom is -0.462 e. The summed E-state index contributed by atoms with van der Waals surface area (Å²) < 4.78 is 10.7. The summed E-state index contributed by atoms with van der Waals surface area (Å²) in [5.74, 6) is -0.574. The lowest BCUT2D eigenvalue weighted by Crippen LogP contribution is -2.28. The number of hydrogen-bond acceptors (Lipinski definition) is 5. The summed E-state index contributed by atoms with van der Waals surface area (Å²) in [7, 11) is 0. The highest BCUT2D eigenvalue weighted by molar-refractivity contribution is 5.70. The number of carbonyl (C=O) groups is 2. The van der Waals surface area contributed by atoms with Crippen LogP contribution in [0.4, 0.5) is 0 Å². The molecule has 0 aliphatic heterocycles. The highest BCUT2D eigenvalue weighted by atomic mass is 16.6. The molecule has 0 aliphatic carbocycles. The molecule has 0 aromatic heterocycles. The van der Waals surface area contributed by atoms with Gasteiger partial charge in [0, 0.05) is 12.8 Å². The van der Waals surface area contributed by atoms with Gasteiger partial charge in [-0.05, 0) is 51.4 Å². The lowest BCUT2D eigenvalue weighted by molar-refractivity contribution is -0.161. The predicted molar refractivity (Wildman–Crippen MR) is 288 cm³/mol. The highest BCUT2D eigenvalue weighted by Gasteiger charge is 2.16. The molecule has 1 unspecified atom stereocenters. The largest absolute Gasteiger partial charge is 0.462 e. The molecular formula is C61H112O5. The van der Waals surface area contributed by atoms with E-state index >= 15 is 0 Å². The van der Waals surface area contributed by atoms with Gasteiger partial charge in [-0.25, -0.2) is 0 Å². The Hall–Kier alpha value is -2.14. The maximum Gasteiger partial charge on any atom is 0.306 e. The number of ether oxygens (including phenoxy) is 2. The average Bonchev–Trinajstić information content (AvgIpc) is 3.32. The summed E-state index contributed by atoms with van der Waals surface area (Å²) in [6.45, 7) is 4.08. The van der Waals surface area contributed by atoms with Crippen LogP contribution in [0.25, 0.3) is 0 Å². The molecule has 0 rings (SSSR count). The Balaban J connectivity index is 3.44. The quantitative estimate of drug-likeness (QED) is 0.0374. The highest BCUT2D eigenvalue weighted by Crippen LogP contribution is 2.18. The van der Waals surface area contributed by atoms with Crippen LogP contribution in [0.2, 0.25) is 0 Å². The zero-order chi connectivity index (χ0) is 47.7. The van der Waals surface area contributed by atoms with Crippen LogP contribution in [0.15, 0.2) is 48.6 Å². The van der Waals surface area contributed by atoms with Gasteiger partial charge in [0.2, 0.25) is 0 Å². The lowest BCUT2D eigenvalue weighted by Gasteiger charge is -2.15. The normalized spacial score (nSPS) is 12.5. The molecule has 66 heavy (non-hydrogen) atoms. The Morgan fingerprint density at radius 3 is 0.985 bits per heavy atom. The van der Waals surface area contributed by atoms with Crippen molar-refractivity contribution in [2.75, 3.05) is 13.2 Å². The van der Waals surface area contributed by atoms with Crippen molar-refractivity contribution < 1.29 is 24.2 Å². The molecule has 386 valence electrons. The van der Waals surface area contributed by atoms with E-state index in [4.69, 9.17) is 9.47 Å². The Kier molecular flexibility index (Phi) is 55.3. The van der Waals surface area contributed by atoms with E-state index in [1.54, 1.807) is 0 Å². The number of hydrogen-bond donors (Lipinski definition) is 1. The van der Waals surface area contributed by atoms with Gasteiger partial charge in [-0.2, -0.15) is 0 Å². The summed E-state index contributed by atoms with van der Waals surface area (Å²) in [5.41, 5.74) is 0. The van der Waals surface area contributed by atoms with Gasteiger partial charge in [0.05, 0.1) is 6.61 Å². The molecule has 5 heteroatoms. The van der Waals surface area contributed by atoms with Crippen molar-refractivity contribution in [2.24, 2.45) is 0 Å². The number of unbranched alkanes of at least 4 members (excludes halogenated alkanes) is 38. The molecule has 0 aromatic rings. The second-order valence-electron chi connectivity index (χ2n) is 19.7. The molecule has 0 bridgehead atoms. The molecule has 0 heterocycles. The van der Waals surface area contributed by atoms with Crippen LogP contribution in [0.5, 0.6) is 0 Å². The molecule has 0 aromatic carbocycles. The summed E-state index contributed by atoms with van der Waals surface area (Å²) in [5, 5.41) is 9.66. The van der Waals surface area contributed by atoms with Crippen molar-refractivity contribution in [3.63, 3.8) is 0 Å². The molecule has 1 atom stereocenters. The van der Waals surface area contributed by atoms with Crippen LogP contribution in [-0.2, 0) is 19.1 Å². The van der Waals surface area contributed by atoms with E-state index in [1.807, 2.05) is 0 Å².